The first-order valence-corrected chi connectivity index (χ1v) is 12.5. The maximum absolute atomic E-state index is 12.8. The van der Waals surface area contributed by atoms with Crippen molar-refractivity contribution in [3.8, 4) is 11.5 Å². The molecule has 0 aliphatic carbocycles. The fourth-order valence-corrected chi connectivity index (χ4v) is 4.10. The van der Waals surface area contributed by atoms with Gasteiger partial charge in [0.25, 0.3) is 0 Å². The second kappa shape index (κ2) is 13.5. The van der Waals surface area contributed by atoms with Gasteiger partial charge >= 0.3 is 24.0 Å². The van der Waals surface area contributed by atoms with Crippen LogP contribution in [0.1, 0.15) is 43.2 Å². The molecule has 0 aliphatic heterocycles. The summed E-state index contributed by atoms with van der Waals surface area (Å²) < 4.78 is 17.0. The molecule has 40 heavy (non-hydrogen) atoms. The molecular weight excluding hydrogens is 526 g/mol. The van der Waals surface area contributed by atoms with Gasteiger partial charge in [0.1, 0.15) is 17.8 Å². The Morgan fingerprint density at radius 3 is 2.05 bits per heavy atom. The summed E-state index contributed by atoms with van der Waals surface area (Å²) in [6, 6.07) is 6.36. The molecule has 5 N–H and O–H groups in total. The van der Waals surface area contributed by atoms with E-state index in [4.69, 9.17) is 24.1 Å². The number of amides is 1. The number of benzene rings is 2. The van der Waals surface area contributed by atoms with E-state index in [0.717, 1.165) is 0 Å². The summed E-state index contributed by atoms with van der Waals surface area (Å²) in [5, 5.41) is 27.1. The highest BCUT2D eigenvalue weighted by Gasteiger charge is 2.25. The Labute approximate surface area is 228 Å². The molecule has 13 heteroatoms. The number of carbonyl (C=O) groups is 5. The highest BCUT2D eigenvalue weighted by atomic mass is 16.6. The van der Waals surface area contributed by atoms with Crippen LogP contribution in [0.25, 0.3) is 21.7 Å². The highest BCUT2D eigenvalue weighted by molar-refractivity contribution is 6.12. The van der Waals surface area contributed by atoms with Crippen molar-refractivity contribution in [2.24, 2.45) is 0 Å². The summed E-state index contributed by atoms with van der Waals surface area (Å²) in [7, 11) is 3.01. The van der Waals surface area contributed by atoms with Crippen molar-refractivity contribution in [3.05, 3.63) is 36.1 Å². The Morgan fingerprint density at radius 1 is 0.875 bits per heavy atom. The normalized spacial score (nSPS) is 12.6. The number of ketones is 1. The zero-order valence-corrected chi connectivity index (χ0v) is 22.2. The van der Waals surface area contributed by atoms with Crippen LogP contribution in [0.3, 0.4) is 0 Å². The fraction of sp³-hybridized carbons (Fsp3) is 0.370. The number of fused-ring (bicyclic) bond motifs is 2. The van der Waals surface area contributed by atoms with E-state index in [9.17, 15) is 24.0 Å². The number of rotatable bonds is 14. The van der Waals surface area contributed by atoms with Gasteiger partial charge in [0, 0.05) is 30.7 Å². The Morgan fingerprint density at radius 2 is 1.48 bits per heavy atom. The van der Waals surface area contributed by atoms with Gasteiger partial charge in [-0.1, -0.05) is 24.3 Å². The summed E-state index contributed by atoms with van der Waals surface area (Å²) in [4.78, 5) is 59.9. The third kappa shape index (κ3) is 7.12. The van der Waals surface area contributed by atoms with Gasteiger partial charge in [0.2, 0.25) is 0 Å². The SMILES string of the molecule is CN[C@@H](CCNC(=O)Oc1c2ccccc2c(OC(=O)CCC[C@@H](NC)C(=O)O)c2cc(C(C)=O)oc12)C(=O)O. The second-order valence-corrected chi connectivity index (χ2v) is 8.94. The van der Waals surface area contributed by atoms with Crippen molar-refractivity contribution in [2.75, 3.05) is 20.6 Å². The van der Waals surface area contributed by atoms with Crippen molar-refractivity contribution in [3.63, 3.8) is 0 Å². The lowest BCUT2D eigenvalue weighted by molar-refractivity contribution is -0.140. The van der Waals surface area contributed by atoms with Crippen molar-refractivity contribution >= 4 is 51.5 Å². The zero-order valence-electron chi connectivity index (χ0n) is 22.2. The van der Waals surface area contributed by atoms with Gasteiger partial charge in [-0.25, -0.2) is 4.79 Å². The maximum atomic E-state index is 12.8. The smallest absolute Gasteiger partial charge is 0.412 e. The Balaban J connectivity index is 1.92. The summed E-state index contributed by atoms with van der Waals surface area (Å²) in [6.45, 7) is 1.29. The molecule has 0 fully saturated rings. The van der Waals surface area contributed by atoms with Crippen LogP contribution in [0.5, 0.6) is 11.5 Å². The number of likely N-dealkylation sites (N-methyl/N-ethyl adjacent to an activating group) is 2. The van der Waals surface area contributed by atoms with Crippen LogP contribution < -0.4 is 25.4 Å². The van der Waals surface area contributed by atoms with Crippen molar-refractivity contribution < 1.29 is 48.1 Å². The number of hydrogen-bond acceptors (Lipinski definition) is 10. The van der Waals surface area contributed by atoms with Crippen molar-refractivity contribution in [1.29, 1.82) is 0 Å². The van der Waals surface area contributed by atoms with E-state index in [-0.39, 0.29) is 60.5 Å². The van der Waals surface area contributed by atoms with Crippen LogP contribution in [0.2, 0.25) is 0 Å². The molecule has 3 rings (SSSR count). The molecule has 1 heterocycles. The number of furan rings is 1. The molecule has 3 aromatic rings. The topological polar surface area (TPSA) is 193 Å². The Kier molecular flexibility index (Phi) is 10.2. The van der Waals surface area contributed by atoms with E-state index in [1.165, 1.54) is 27.1 Å². The molecule has 0 bridgehead atoms. The minimum absolute atomic E-state index is 0.000545. The molecule has 0 aliphatic rings. The van der Waals surface area contributed by atoms with E-state index in [1.54, 1.807) is 24.3 Å². The Hall–Kier alpha value is -4.49. The van der Waals surface area contributed by atoms with Crippen molar-refractivity contribution in [2.45, 2.75) is 44.7 Å². The molecule has 1 amide bonds. The molecule has 2 aromatic carbocycles. The van der Waals surface area contributed by atoms with Crippen LogP contribution in [0.15, 0.2) is 34.7 Å². The number of ether oxygens (including phenoxy) is 2. The van der Waals surface area contributed by atoms with Gasteiger partial charge in [-0.05, 0) is 39.4 Å². The lowest BCUT2D eigenvalue weighted by Gasteiger charge is -2.15. The van der Waals surface area contributed by atoms with Gasteiger partial charge < -0.3 is 40.1 Å². The third-order valence-electron chi connectivity index (χ3n) is 6.23. The summed E-state index contributed by atoms with van der Waals surface area (Å²) in [5.41, 5.74) is 0.00149. The van der Waals surface area contributed by atoms with Gasteiger partial charge in [-0.15, -0.1) is 0 Å². The molecule has 1 aromatic heterocycles. The molecule has 13 nitrogen and oxygen atoms in total. The number of carboxylic acids is 2. The van der Waals surface area contributed by atoms with Crippen LogP contribution in [0, 0.1) is 0 Å². The zero-order chi connectivity index (χ0) is 29.4. The quantitative estimate of drug-likeness (QED) is 0.111. The first-order chi connectivity index (χ1) is 19.1. The molecule has 2 atom stereocenters. The minimum atomic E-state index is -1.06. The first kappa shape index (κ1) is 30.1. The Bertz CT molecular complexity index is 1330. The van der Waals surface area contributed by atoms with E-state index < -0.39 is 41.9 Å². The van der Waals surface area contributed by atoms with Gasteiger partial charge in [-0.3, -0.25) is 19.2 Å². The third-order valence-corrected chi connectivity index (χ3v) is 6.23. The predicted molar refractivity (Wildman–Crippen MR) is 143 cm³/mol. The number of carboxylic acid groups (broad SMARTS) is 2. The van der Waals surface area contributed by atoms with Crippen LogP contribution in [0.4, 0.5) is 4.79 Å². The summed E-state index contributed by atoms with van der Waals surface area (Å²) in [5.74, 6) is -3.09. The van der Waals surface area contributed by atoms with Crippen LogP contribution in [-0.4, -0.2) is 72.7 Å². The van der Waals surface area contributed by atoms with Gasteiger partial charge in [0.15, 0.2) is 22.9 Å². The average molecular weight is 558 g/mol. The molecule has 0 unspecified atom stereocenters. The predicted octanol–water partition coefficient (Wildman–Crippen LogP) is 2.69. The number of esters is 1. The number of hydrogen-bond donors (Lipinski definition) is 5. The molecular formula is C27H31N3O10. The number of nitrogens with one attached hydrogen (secondary N) is 3. The van der Waals surface area contributed by atoms with E-state index in [1.807, 2.05) is 0 Å². The van der Waals surface area contributed by atoms with Gasteiger partial charge in [0.05, 0.1) is 5.39 Å². The lowest BCUT2D eigenvalue weighted by atomic mass is 10.0. The first-order valence-electron chi connectivity index (χ1n) is 12.5. The molecule has 0 radical (unpaired) electrons. The molecule has 0 saturated carbocycles. The molecule has 214 valence electrons. The van der Waals surface area contributed by atoms with Crippen molar-refractivity contribution in [1.82, 2.24) is 16.0 Å². The number of aliphatic carboxylic acids is 2. The maximum Gasteiger partial charge on any atom is 0.412 e. The van der Waals surface area contributed by atoms with E-state index in [0.29, 0.717) is 10.8 Å². The minimum Gasteiger partial charge on any atom is -0.480 e. The van der Waals surface area contributed by atoms with E-state index >= 15 is 0 Å². The fourth-order valence-electron chi connectivity index (χ4n) is 4.10. The second-order valence-electron chi connectivity index (χ2n) is 8.94. The summed E-state index contributed by atoms with van der Waals surface area (Å²) >= 11 is 0. The van der Waals surface area contributed by atoms with E-state index in [2.05, 4.69) is 16.0 Å². The molecule has 0 saturated heterocycles. The highest BCUT2D eigenvalue weighted by Crippen LogP contribution is 2.44. The molecule has 0 spiro atoms. The average Bonchev–Trinajstić information content (AvgIpc) is 3.36. The lowest BCUT2D eigenvalue weighted by Crippen LogP contribution is -2.38. The summed E-state index contributed by atoms with van der Waals surface area (Å²) in [6.07, 6.45) is -0.388. The van der Waals surface area contributed by atoms with Crippen LogP contribution >= 0.6 is 0 Å². The van der Waals surface area contributed by atoms with Gasteiger partial charge in [-0.2, -0.15) is 0 Å². The monoisotopic (exact) mass is 557 g/mol. The van der Waals surface area contributed by atoms with Crippen LogP contribution in [-0.2, 0) is 14.4 Å². The largest absolute Gasteiger partial charge is 0.480 e. The number of Topliss-reactive ketones (excluding diaryl/α,β-unsaturated/α-hetero) is 1. The standard InChI is InChI=1S/C27H31N3O10/c1-14(31)20-13-17-22(39-21(32)10-6-9-18(28-2)25(33)34)15-7-4-5-8-16(15)23(24(17)38-20)40-27(37)30-12-11-19(29-3)26(35)36/h4-5,7-8,13,18-19,28-29H,6,9-12H2,1-3H3,(H,30,37)(H,33,34)(H,35,36)/t18-,19+/m1/s1. The number of carbonyl (C=O) groups excluding carboxylic acids is 3.